The van der Waals surface area contributed by atoms with Crippen LogP contribution in [0.2, 0.25) is 0 Å². The summed E-state index contributed by atoms with van der Waals surface area (Å²) in [6.07, 6.45) is 3.68. The molecule has 0 bridgehead atoms. The zero-order chi connectivity index (χ0) is 22.1. The molecule has 0 aliphatic rings. The van der Waals surface area contributed by atoms with Gasteiger partial charge in [-0.2, -0.15) is 0 Å². The smallest absolute Gasteiger partial charge is 0.165 e. The number of ether oxygens (including phenoxy) is 2. The summed E-state index contributed by atoms with van der Waals surface area (Å²) in [7, 11) is 0. The van der Waals surface area contributed by atoms with Crippen LogP contribution < -0.4 is 14.8 Å². The van der Waals surface area contributed by atoms with Crippen molar-refractivity contribution in [2.24, 2.45) is 0 Å². The molecule has 3 heteroatoms. The highest BCUT2D eigenvalue weighted by Gasteiger charge is 2.14. The molecule has 0 amide bonds. The maximum atomic E-state index is 6.25. The van der Waals surface area contributed by atoms with Crippen LogP contribution in [-0.2, 0) is 26.0 Å². The highest BCUT2D eigenvalue weighted by Crippen LogP contribution is 2.35. The minimum Gasteiger partial charge on any atom is -0.490 e. The normalized spacial score (nSPS) is 10.5. The first kappa shape index (κ1) is 22.5. The quantitative estimate of drug-likeness (QED) is 0.346. The van der Waals surface area contributed by atoms with E-state index in [1.54, 1.807) is 0 Å². The van der Waals surface area contributed by atoms with Gasteiger partial charge < -0.3 is 14.8 Å². The van der Waals surface area contributed by atoms with Crippen LogP contribution >= 0.6 is 0 Å². The summed E-state index contributed by atoms with van der Waals surface area (Å²) in [6.45, 7) is 12.0. The topological polar surface area (TPSA) is 30.5 Å². The van der Waals surface area contributed by atoms with Crippen molar-refractivity contribution in [3.8, 4) is 11.5 Å². The van der Waals surface area contributed by atoms with Crippen molar-refractivity contribution >= 4 is 5.69 Å². The van der Waals surface area contributed by atoms with Crippen LogP contribution in [0.3, 0.4) is 0 Å². The highest BCUT2D eigenvalue weighted by atomic mass is 16.5. The first-order chi connectivity index (χ1) is 15.1. The van der Waals surface area contributed by atoms with Crippen molar-refractivity contribution in [3.05, 3.63) is 101 Å². The molecule has 3 aromatic rings. The van der Waals surface area contributed by atoms with Gasteiger partial charge in [0.1, 0.15) is 6.61 Å². The van der Waals surface area contributed by atoms with E-state index in [0.717, 1.165) is 46.7 Å². The van der Waals surface area contributed by atoms with Gasteiger partial charge in [0.05, 0.1) is 6.61 Å². The SMILES string of the molecule is C=CCc1cc(CNc2ccc(CC)cc2)cc(OCC)c1OCc1ccc(C)cc1. The molecule has 162 valence electrons. The molecule has 0 aromatic heterocycles. The van der Waals surface area contributed by atoms with Gasteiger partial charge in [-0.1, -0.05) is 55.0 Å². The van der Waals surface area contributed by atoms with E-state index in [1.165, 1.54) is 11.1 Å². The van der Waals surface area contributed by atoms with Gasteiger partial charge >= 0.3 is 0 Å². The third kappa shape index (κ3) is 6.39. The Balaban J connectivity index is 1.80. The average Bonchev–Trinajstić information content (AvgIpc) is 2.79. The van der Waals surface area contributed by atoms with Crippen LogP contribution in [0, 0.1) is 6.92 Å². The lowest BCUT2D eigenvalue weighted by atomic mass is 10.0. The predicted molar refractivity (Wildman–Crippen MR) is 130 cm³/mol. The lowest BCUT2D eigenvalue weighted by molar-refractivity contribution is 0.267. The molecule has 0 saturated heterocycles. The van der Waals surface area contributed by atoms with Crippen LogP contribution in [0.25, 0.3) is 0 Å². The minimum absolute atomic E-state index is 0.506. The zero-order valence-corrected chi connectivity index (χ0v) is 18.9. The maximum absolute atomic E-state index is 6.25. The Morgan fingerprint density at radius 1 is 0.871 bits per heavy atom. The Hall–Kier alpha value is -3.20. The molecule has 0 saturated carbocycles. The molecule has 0 heterocycles. The zero-order valence-electron chi connectivity index (χ0n) is 18.9. The van der Waals surface area contributed by atoms with E-state index < -0.39 is 0 Å². The van der Waals surface area contributed by atoms with Crippen molar-refractivity contribution in [1.29, 1.82) is 0 Å². The minimum atomic E-state index is 0.506. The Labute approximate surface area is 186 Å². The fraction of sp³-hybridized carbons (Fsp3) is 0.286. The lowest BCUT2D eigenvalue weighted by Gasteiger charge is -2.18. The second-order valence-electron chi connectivity index (χ2n) is 7.69. The van der Waals surface area contributed by atoms with Gasteiger partial charge in [0.2, 0.25) is 0 Å². The van der Waals surface area contributed by atoms with Crippen molar-refractivity contribution in [3.63, 3.8) is 0 Å². The van der Waals surface area contributed by atoms with Crippen molar-refractivity contribution in [2.45, 2.75) is 46.8 Å². The summed E-state index contributed by atoms with van der Waals surface area (Å²) in [5, 5.41) is 3.51. The summed E-state index contributed by atoms with van der Waals surface area (Å²) < 4.78 is 12.2. The molecule has 1 N–H and O–H groups in total. The molecule has 0 spiro atoms. The molecule has 0 unspecified atom stereocenters. The van der Waals surface area contributed by atoms with Crippen molar-refractivity contribution in [1.82, 2.24) is 0 Å². The van der Waals surface area contributed by atoms with E-state index in [0.29, 0.717) is 19.8 Å². The van der Waals surface area contributed by atoms with E-state index >= 15 is 0 Å². The molecular weight excluding hydrogens is 382 g/mol. The van der Waals surface area contributed by atoms with Crippen LogP contribution in [0.5, 0.6) is 11.5 Å². The van der Waals surface area contributed by atoms with Crippen LogP contribution in [0.4, 0.5) is 5.69 Å². The average molecular weight is 416 g/mol. The van der Waals surface area contributed by atoms with Gasteiger partial charge in [0, 0.05) is 17.8 Å². The molecule has 31 heavy (non-hydrogen) atoms. The molecule has 3 aromatic carbocycles. The number of benzene rings is 3. The number of hydrogen-bond acceptors (Lipinski definition) is 3. The fourth-order valence-corrected chi connectivity index (χ4v) is 3.46. The summed E-state index contributed by atoms with van der Waals surface area (Å²) in [6, 6.07) is 21.3. The van der Waals surface area contributed by atoms with Crippen molar-refractivity contribution in [2.75, 3.05) is 11.9 Å². The summed E-state index contributed by atoms with van der Waals surface area (Å²) in [5.41, 5.74) is 7.08. The Kier molecular flexibility index (Phi) is 8.17. The van der Waals surface area contributed by atoms with Gasteiger partial charge in [-0.25, -0.2) is 0 Å². The highest BCUT2D eigenvalue weighted by molar-refractivity contribution is 5.52. The largest absolute Gasteiger partial charge is 0.490 e. The molecule has 0 radical (unpaired) electrons. The number of nitrogens with one attached hydrogen (secondary N) is 1. The number of allylic oxidation sites excluding steroid dienone is 1. The van der Waals surface area contributed by atoms with Crippen molar-refractivity contribution < 1.29 is 9.47 Å². The van der Waals surface area contributed by atoms with Gasteiger partial charge in [-0.3, -0.25) is 0 Å². The number of aryl methyl sites for hydroxylation is 2. The van der Waals surface area contributed by atoms with Crippen LogP contribution in [-0.4, -0.2) is 6.61 Å². The first-order valence-corrected chi connectivity index (χ1v) is 11.0. The van der Waals surface area contributed by atoms with Crippen LogP contribution in [0.15, 0.2) is 73.3 Å². The third-order valence-corrected chi connectivity index (χ3v) is 5.22. The van der Waals surface area contributed by atoms with E-state index in [1.807, 2.05) is 13.0 Å². The monoisotopic (exact) mass is 415 g/mol. The Morgan fingerprint density at radius 2 is 1.58 bits per heavy atom. The molecule has 3 rings (SSSR count). The summed E-state index contributed by atoms with van der Waals surface area (Å²) in [4.78, 5) is 0. The number of anilines is 1. The van der Waals surface area contributed by atoms with Gasteiger partial charge in [0.25, 0.3) is 0 Å². The first-order valence-electron chi connectivity index (χ1n) is 11.0. The summed E-state index contributed by atoms with van der Waals surface area (Å²) in [5.74, 6) is 1.59. The van der Waals surface area contributed by atoms with E-state index in [9.17, 15) is 0 Å². The second kappa shape index (κ2) is 11.3. The Morgan fingerprint density at radius 3 is 2.23 bits per heavy atom. The van der Waals surface area contributed by atoms with Gasteiger partial charge in [-0.15, -0.1) is 6.58 Å². The molecule has 0 atom stereocenters. The van der Waals surface area contributed by atoms with E-state index in [-0.39, 0.29) is 0 Å². The van der Waals surface area contributed by atoms with Gasteiger partial charge in [0.15, 0.2) is 11.5 Å². The van der Waals surface area contributed by atoms with Gasteiger partial charge in [-0.05, 0) is 67.6 Å². The standard InChI is InChI=1S/C28H33NO2/c1-5-8-25-17-24(19-29-26-15-13-22(6-2)14-16-26)18-27(30-7-3)28(25)31-20-23-11-9-21(4)10-12-23/h5,9-18,29H,1,6-8,19-20H2,2-4H3. The van der Waals surface area contributed by atoms with Crippen LogP contribution in [0.1, 0.15) is 41.7 Å². The summed E-state index contributed by atoms with van der Waals surface area (Å²) >= 11 is 0. The number of hydrogen-bond donors (Lipinski definition) is 1. The number of rotatable bonds is 11. The lowest BCUT2D eigenvalue weighted by Crippen LogP contribution is -2.06. The second-order valence-corrected chi connectivity index (χ2v) is 7.69. The van der Waals surface area contributed by atoms with E-state index in [4.69, 9.17) is 9.47 Å². The molecule has 0 aliphatic carbocycles. The molecule has 3 nitrogen and oxygen atoms in total. The maximum Gasteiger partial charge on any atom is 0.165 e. The third-order valence-electron chi connectivity index (χ3n) is 5.22. The fourth-order valence-electron chi connectivity index (χ4n) is 3.46. The molecule has 0 aliphatic heterocycles. The van der Waals surface area contributed by atoms with E-state index in [2.05, 4.69) is 86.4 Å². The Bertz CT molecular complexity index is 975. The molecule has 0 fully saturated rings. The predicted octanol–water partition coefficient (Wildman–Crippen LogP) is 6.88. The molecular formula is C28H33NO2.